The highest BCUT2D eigenvalue weighted by Crippen LogP contribution is 2.27. The maximum absolute atomic E-state index is 11.7. The van der Waals surface area contributed by atoms with Gasteiger partial charge < -0.3 is 14.2 Å². The van der Waals surface area contributed by atoms with E-state index in [0.717, 1.165) is 49.5 Å². The fourth-order valence-corrected chi connectivity index (χ4v) is 2.83. The molecule has 2 rings (SSSR count). The molecule has 0 bridgehead atoms. The Morgan fingerprint density at radius 1 is 1.26 bits per heavy atom. The second-order valence-electron chi connectivity index (χ2n) is 5.87. The summed E-state index contributed by atoms with van der Waals surface area (Å²) in [5, 5.41) is 0. The third-order valence-corrected chi connectivity index (χ3v) is 4.19. The third-order valence-electron chi connectivity index (χ3n) is 4.19. The van der Waals surface area contributed by atoms with Crippen LogP contribution in [0.5, 0.6) is 11.5 Å². The summed E-state index contributed by atoms with van der Waals surface area (Å²) in [5.74, 6) is 1.56. The van der Waals surface area contributed by atoms with Gasteiger partial charge in [-0.15, -0.1) is 0 Å². The monoisotopic (exact) mass is 321 g/mol. The van der Waals surface area contributed by atoms with Crippen molar-refractivity contribution in [2.24, 2.45) is 5.92 Å². The van der Waals surface area contributed by atoms with Crippen LogP contribution in [0.1, 0.15) is 25.3 Å². The van der Waals surface area contributed by atoms with Gasteiger partial charge in [-0.25, -0.2) is 0 Å². The minimum absolute atomic E-state index is 0.0483. The molecular weight excluding hydrogens is 294 g/mol. The first-order valence-corrected chi connectivity index (χ1v) is 8.30. The molecule has 0 N–H and O–H groups in total. The number of ether oxygens (including phenoxy) is 3. The molecule has 0 spiro atoms. The van der Waals surface area contributed by atoms with Crippen LogP contribution in [-0.2, 0) is 9.53 Å². The molecule has 0 aromatic heterocycles. The molecule has 0 radical (unpaired) electrons. The smallest absolute Gasteiger partial charge is 0.309 e. The van der Waals surface area contributed by atoms with Crippen molar-refractivity contribution in [3.8, 4) is 11.5 Å². The number of nitrogens with zero attached hydrogens (tertiary/aromatic N) is 1. The number of likely N-dealkylation sites (tertiary alicyclic amines) is 1. The molecule has 0 atom stereocenters. The van der Waals surface area contributed by atoms with E-state index in [1.54, 1.807) is 7.11 Å². The SMILES string of the molecule is CCOC(=O)C1CCN(CCOc2ccc(C)cc2OC)CC1. The fraction of sp³-hybridized carbons (Fsp3) is 0.611. The number of rotatable bonds is 7. The lowest BCUT2D eigenvalue weighted by atomic mass is 9.97. The summed E-state index contributed by atoms with van der Waals surface area (Å²) in [4.78, 5) is 14.1. The summed E-state index contributed by atoms with van der Waals surface area (Å²) in [6.07, 6.45) is 1.74. The minimum atomic E-state index is -0.0483. The van der Waals surface area contributed by atoms with Gasteiger partial charge in [-0.05, 0) is 57.5 Å². The molecule has 1 fully saturated rings. The van der Waals surface area contributed by atoms with E-state index in [1.165, 1.54) is 0 Å². The molecule has 0 aliphatic carbocycles. The lowest BCUT2D eigenvalue weighted by Gasteiger charge is -2.30. The Hall–Kier alpha value is -1.75. The summed E-state index contributed by atoms with van der Waals surface area (Å²) in [6, 6.07) is 5.93. The molecule has 5 nitrogen and oxygen atoms in total. The predicted octanol–water partition coefficient (Wildman–Crippen LogP) is 2.66. The van der Waals surface area contributed by atoms with Crippen LogP contribution in [-0.4, -0.2) is 50.8 Å². The molecule has 1 aromatic carbocycles. The summed E-state index contributed by atoms with van der Waals surface area (Å²) in [5.41, 5.74) is 1.15. The van der Waals surface area contributed by atoms with Gasteiger partial charge in [0.2, 0.25) is 0 Å². The van der Waals surface area contributed by atoms with E-state index < -0.39 is 0 Å². The van der Waals surface area contributed by atoms with Crippen molar-refractivity contribution in [2.45, 2.75) is 26.7 Å². The van der Waals surface area contributed by atoms with Gasteiger partial charge in [-0.2, -0.15) is 0 Å². The fourth-order valence-electron chi connectivity index (χ4n) is 2.83. The zero-order chi connectivity index (χ0) is 16.7. The van der Waals surface area contributed by atoms with Gasteiger partial charge in [0.15, 0.2) is 11.5 Å². The Bertz CT molecular complexity index is 510. The Morgan fingerprint density at radius 3 is 2.65 bits per heavy atom. The van der Waals surface area contributed by atoms with Gasteiger partial charge in [0.1, 0.15) is 6.61 Å². The Morgan fingerprint density at radius 2 is 2.00 bits per heavy atom. The van der Waals surface area contributed by atoms with E-state index in [2.05, 4.69) is 4.90 Å². The summed E-state index contributed by atoms with van der Waals surface area (Å²) in [7, 11) is 1.65. The average Bonchev–Trinajstić information content (AvgIpc) is 2.57. The molecule has 1 aliphatic rings. The van der Waals surface area contributed by atoms with Crippen LogP contribution in [0.2, 0.25) is 0 Å². The molecule has 5 heteroatoms. The number of piperidine rings is 1. The largest absolute Gasteiger partial charge is 0.493 e. The van der Waals surface area contributed by atoms with E-state index in [4.69, 9.17) is 14.2 Å². The molecule has 0 saturated carbocycles. The number of aryl methyl sites for hydroxylation is 1. The Balaban J connectivity index is 1.73. The maximum atomic E-state index is 11.7. The van der Waals surface area contributed by atoms with Crippen molar-refractivity contribution >= 4 is 5.97 Å². The number of esters is 1. The lowest BCUT2D eigenvalue weighted by Crippen LogP contribution is -2.39. The normalized spacial score (nSPS) is 16.1. The van der Waals surface area contributed by atoms with Crippen molar-refractivity contribution in [2.75, 3.05) is 40.0 Å². The second-order valence-corrected chi connectivity index (χ2v) is 5.87. The standard InChI is InChI=1S/C18H27NO4/c1-4-22-18(20)15-7-9-19(10-8-15)11-12-23-16-6-5-14(2)13-17(16)21-3/h5-6,13,15H,4,7-12H2,1-3H3. The quantitative estimate of drug-likeness (QED) is 0.723. The predicted molar refractivity (Wildman–Crippen MR) is 89.0 cm³/mol. The molecule has 0 amide bonds. The Labute approximate surface area is 138 Å². The molecule has 1 aliphatic heterocycles. The number of benzene rings is 1. The van der Waals surface area contributed by atoms with Gasteiger partial charge in [-0.1, -0.05) is 6.07 Å². The molecule has 128 valence electrons. The van der Waals surface area contributed by atoms with Gasteiger partial charge in [0.25, 0.3) is 0 Å². The van der Waals surface area contributed by atoms with Crippen molar-refractivity contribution in [1.29, 1.82) is 0 Å². The van der Waals surface area contributed by atoms with Crippen molar-refractivity contribution in [3.05, 3.63) is 23.8 Å². The second kappa shape index (κ2) is 8.77. The van der Waals surface area contributed by atoms with Crippen molar-refractivity contribution in [3.63, 3.8) is 0 Å². The van der Waals surface area contributed by atoms with Crippen molar-refractivity contribution < 1.29 is 19.0 Å². The summed E-state index contributed by atoms with van der Waals surface area (Å²) < 4.78 is 16.3. The first-order chi connectivity index (χ1) is 11.1. The van der Waals surface area contributed by atoms with Gasteiger partial charge in [-0.3, -0.25) is 9.69 Å². The number of hydrogen-bond donors (Lipinski definition) is 0. The Kier molecular flexibility index (Phi) is 6.71. The number of hydrogen-bond acceptors (Lipinski definition) is 5. The maximum Gasteiger partial charge on any atom is 0.309 e. The third kappa shape index (κ3) is 5.13. The lowest BCUT2D eigenvalue weighted by molar-refractivity contribution is -0.149. The minimum Gasteiger partial charge on any atom is -0.493 e. The summed E-state index contributed by atoms with van der Waals surface area (Å²) in [6.45, 7) is 7.64. The van der Waals surface area contributed by atoms with Gasteiger partial charge in [0, 0.05) is 6.54 Å². The average molecular weight is 321 g/mol. The number of carbonyl (C=O) groups is 1. The molecule has 23 heavy (non-hydrogen) atoms. The highest BCUT2D eigenvalue weighted by atomic mass is 16.5. The highest BCUT2D eigenvalue weighted by Gasteiger charge is 2.25. The van der Waals surface area contributed by atoms with Crippen LogP contribution in [0.15, 0.2) is 18.2 Å². The van der Waals surface area contributed by atoms with Crippen LogP contribution in [0.25, 0.3) is 0 Å². The number of methoxy groups -OCH3 is 1. The highest BCUT2D eigenvalue weighted by molar-refractivity contribution is 5.72. The zero-order valence-corrected chi connectivity index (χ0v) is 14.3. The molecular formula is C18H27NO4. The van der Waals surface area contributed by atoms with Gasteiger partial charge >= 0.3 is 5.97 Å². The van der Waals surface area contributed by atoms with E-state index in [0.29, 0.717) is 13.2 Å². The van der Waals surface area contributed by atoms with E-state index in [1.807, 2.05) is 32.0 Å². The molecule has 1 saturated heterocycles. The van der Waals surface area contributed by atoms with Gasteiger partial charge in [0.05, 0.1) is 19.6 Å². The van der Waals surface area contributed by atoms with E-state index in [9.17, 15) is 4.79 Å². The van der Waals surface area contributed by atoms with Crippen LogP contribution in [0.4, 0.5) is 0 Å². The molecule has 0 unspecified atom stereocenters. The van der Waals surface area contributed by atoms with E-state index >= 15 is 0 Å². The molecule has 1 heterocycles. The van der Waals surface area contributed by atoms with Crippen LogP contribution < -0.4 is 9.47 Å². The first kappa shape index (κ1) is 17.6. The van der Waals surface area contributed by atoms with Crippen LogP contribution in [0.3, 0.4) is 0 Å². The summed E-state index contributed by atoms with van der Waals surface area (Å²) >= 11 is 0. The first-order valence-electron chi connectivity index (χ1n) is 8.30. The zero-order valence-electron chi connectivity index (χ0n) is 14.3. The molecule has 1 aromatic rings. The topological polar surface area (TPSA) is 48.0 Å². The van der Waals surface area contributed by atoms with Crippen LogP contribution >= 0.6 is 0 Å². The van der Waals surface area contributed by atoms with E-state index in [-0.39, 0.29) is 11.9 Å². The van der Waals surface area contributed by atoms with Crippen LogP contribution in [0, 0.1) is 12.8 Å². The van der Waals surface area contributed by atoms with Crippen molar-refractivity contribution in [1.82, 2.24) is 4.90 Å². The number of carbonyl (C=O) groups excluding carboxylic acids is 1.